The van der Waals surface area contributed by atoms with Crippen LogP contribution in [0.2, 0.25) is 0 Å². The molecule has 2 aromatic rings. The molecule has 3 heterocycles. The number of hydrogen-bond acceptors (Lipinski definition) is 5. The lowest BCUT2D eigenvalue weighted by molar-refractivity contribution is 0.178. The zero-order chi connectivity index (χ0) is 17.9. The van der Waals surface area contributed by atoms with Crippen LogP contribution in [-0.2, 0) is 11.2 Å². The molecule has 26 heavy (non-hydrogen) atoms. The molecule has 6 nitrogen and oxygen atoms in total. The van der Waals surface area contributed by atoms with Crippen molar-refractivity contribution in [2.45, 2.75) is 38.1 Å². The summed E-state index contributed by atoms with van der Waals surface area (Å²) >= 11 is 0. The maximum atomic E-state index is 12.4. The van der Waals surface area contributed by atoms with E-state index in [0.717, 1.165) is 38.0 Å². The van der Waals surface area contributed by atoms with Gasteiger partial charge in [0.15, 0.2) is 0 Å². The Hall–Kier alpha value is -2.47. The zero-order valence-electron chi connectivity index (χ0n) is 15.0. The second kappa shape index (κ2) is 7.41. The molecule has 4 rings (SSSR count). The van der Waals surface area contributed by atoms with Crippen LogP contribution in [0.25, 0.3) is 0 Å². The van der Waals surface area contributed by atoms with Gasteiger partial charge in [-0.25, -0.2) is 14.8 Å². The van der Waals surface area contributed by atoms with E-state index in [-0.39, 0.29) is 12.1 Å². The molecule has 1 atom stereocenters. The number of aromatic nitrogens is 2. The third-order valence-corrected chi connectivity index (χ3v) is 5.12. The number of cyclic esters (lactones) is 1. The van der Waals surface area contributed by atoms with Gasteiger partial charge in [0.2, 0.25) is 0 Å². The summed E-state index contributed by atoms with van der Waals surface area (Å²) in [6.45, 7) is 4.29. The zero-order valence-corrected chi connectivity index (χ0v) is 15.0. The normalized spacial score (nSPS) is 21.0. The van der Waals surface area contributed by atoms with Crippen molar-refractivity contribution in [2.75, 3.05) is 24.6 Å². The lowest BCUT2D eigenvalue weighted by atomic mass is 9.94. The topological polar surface area (TPSA) is 67.4 Å². The fraction of sp³-hybridized carbons (Fsp3) is 0.450. The van der Waals surface area contributed by atoms with Crippen LogP contribution in [0.15, 0.2) is 36.4 Å². The molecule has 1 N–H and O–H groups in total. The monoisotopic (exact) mass is 352 g/mol. The van der Waals surface area contributed by atoms with E-state index in [9.17, 15) is 4.79 Å². The molecule has 1 aromatic carbocycles. The molecule has 0 spiro atoms. The molecule has 0 radical (unpaired) electrons. The summed E-state index contributed by atoms with van der Waals surface area (Å²) in [6.07, 6.45) is 2.56. The van der Waals surface area contributed by atoms with Gasteiger partial charge in [0, 0.05) is 17.7 Å². The van der Waals surface area contributed by atoms with Gasteiger partial charge in [0.25, 0.3) is 0 Å². The van der Waals surface area contributed by atoms with E-state index in [4.69, 9.17) is 4.74 Å². The first-order chi connectivity index (χ1) is 12.7. The Kier molecular flexibility index (Phi) is 4.84. The molecule has 2 saturated heterocycles. The molecule has 0 bridgehead atoms. The van der Waals surface area contributed by atoms with Crippen molar-refractivity contribution in [3.05, 3.63) is 53.5 Å². The molecule has 0 saturated carbocycles. The first kappa shape index (κ1) is 17.0. The van der Waals surface area contributed by atoms with Gasteiger partial charge in [-0.3, -0.25) is 4.90 Å². The van der Waals surface area contributed by atoms with Crippen LogP contribution in [0.5, 0.6) is 0 Å². The van der Waals surface area contributed by atoms with Crippen LogP contribution >= 0.6 is 0 Å². The van der Waals surface area contributed by atoms with E-state index >= 15 is 0 Å². The van der Waals surface area contributed by atoms with Crippen LogP contribution in [0, 0.1) is 6.92 Å². The fourth-order valence-electron chi connectivity index (χ4n) is 3.80. The van der Waals surface area contributed by atoms with E-state index < -0.39 is 0 Å². The summed E-state index contributed by atoms with van der Waals surface area (Å²) in [6, 6.07) is 12.1. The number of piperidine rings is 1. The lowest BCUT2D eigenvalue weighted by Crippen LogP contribution is -2.36. The summed E-state index contributed by atoms with van der Waals surface area (Å²) in [5.41, 5.74) is 2.22. The number of aryl methyl sites for hydroxylation is 1. The minimum atomic E-state index is -0.319. The molecule has 6 heteroatoms. The van der Waals surface area contributed by atoms with Crippen LogP contribution in [0.4, 0.5) is 10.6 Å². The number of nitrogens with one attached hydrogen (secondary N) is 1. The SMILES string of the molecule is Cc1nc(C2CCNCC2)cc(N2C(=O)OC[C@H]2Cc2ccccc2)n1. The largest absolute Gasteiger partial charge is 0.447 e. The molecule has 2 aliphatic rings. The van der Waals surface area contributed by atoms with Crippen LogP contribution in [0.3, 0.4) is 0 Å². The number of amides is 1. The highest BCUT2D eigenvalue weighted by atomic mass is 16.6. The van der Waals surface area contributed by atoms with E-state index in [1.807, 2.05) is 31.2 Å². The summed E-state index contributed by atoms with van der Waals surface area (Å²) in [5.74, 6) is 1.78. The Morgan fingerprint density at radius 2 is 1.96 bits per heavy atom. The summed E-state index contributed by atoms with van der Waals surface area (Å²) < 4.78 is 5.35. The molecule has 2 aliphatic heterocycles. The Morgan fingerprint density at radius 3 is 2.73 bits per heavy atom. The number of carbonyl (C=O) groups excluding carboxylic acids is 1. The minimum Gasteiger partial charge on any atom is -0.447 e. The van der Waals surface area contributed by atoms with Gasteiger partial charge in [-0.2, -0.15) is 0 Å². The quantitative estimate of drug-likeness (QED) is 0.916. The van der Waals surface area contributed by atoms with Crippen molar-refractivity contribution < 1.29 is 9.53 Å². The number of rotatable bonds is 4. The number of anilines is 1. The Bertz CT molecular complexity index is 775. The predicted molar refractivity (Wildman–Crippen MR) is 99.4 cm³/mol. The van der Waals surface area contributed by atoms with Gasteiger partial charge in [0.1, 0.15) is 18.2 Å². The van der Waals surface area contributed by atoms with Crippen molar-refractivity contribution in [2.24, 2.45) is 0 Å². The number of ether oxygens (including phenoxy) is 1. The Labute approximate surface area is 153 Å². The molecular weight excluding hydrogens is 328 g/mol. The number of benzene rings is 1. The standard InChI is InChI=1S/C20H24N4O2/c1-14-22-18(16-7-9-21-10-8-16)12-19(23-14)24-17(13-26-20(24)25)11-15-5-3-2-4-6-15/h2-6,12,16-17,21H,7-11,13H2,1H3/t17-/m1/s1. The highest BCUT2D eigenvalue weighted by molar-refractivity contribution is 5.89. The van der Waals surface area contributed by atoms with Crippen molar-refractivity contribution in [1.82, 2.24) is 15.3 Å². The van der Waals surface area contributed by atoms with E-state index in [1.54, 1.807) is 4.90 Å². The second-order valence-electron chi connectivity index (χ2n) is 7.01. The van der Waals surface area contributed by atoms with Gasteiger partial charge in [-0.15, -0.1) is 0 Å². The van der Waals surface area contributed by atoms with Gasteiger partial charge >= 0.3 is 6.09 Å². The fourth-order valence-corrected chi connectivity index (χ4v) is 3.80. The Morgan fingerprint density at radius 1 is 1.19 bits per heavy atom. The van der Waals surface area contributed by atoms with Crippen LogP contribution in [-0.4, -0.2) is 41.8 Å². The van der Waals surface area contributed by atoms with E-state index in [2.05, 4.69) is 27.4 Å². The maximum absolute atomic E-state index is 12.4. The Balaban J connectivity index is 1.61. The second-order valence-corrected chi connectivity index (χ2v) is 7.01. The molecule has 0 aliphatic carbocycles. The highest BCUT2D eigenvalue weighted by Gasteiger charge is 2.36. The van der Waals surface area contributed by atoms with Gasteiger partial charge in [0.05, 0.1) is 6.04 Å². The van der Waals surface area contributed by atoms with Crippen LogP contribution in [0.1, 0.15) is 35.8 Å². The predicted octanol–water partition coefficient (Wildman–Crippen LogP) is 2.82. The highest BCUT2D eigenvalue weighted by Crippen LogP contribution is 2.29. The number of carbonyl (C=O) groups is 1. The van der Waals surface area contributed by atoms with E-state index in [1.165, 1.54) is 5.56 Å². The van der Waals surface area contributed by atoms with Gasteiger partial charge in [-0.1, -0.05) is 30.3 Å². The summed E-state index contributed by atoms with van der Waals surface area (Å²) in [5, 5.41) is 3.38. The van der Waals surface area contributed by atoms with Crippen molar-refractivity contribution in [3.8, 4) is 0 Å². The third kappa shape index (κ3) is 3.55. The lowest BCUT2D eigenvalue weighted by Gasteiger charge is -2.25. The molecule has 1 aromatic heterocycles. The summed E-state index contributed by atoms with van der Waals surface area (Å²) in [7, 11) is 0. The first-order valence-corrected chi connectivity index (χ1v) is 9.27. The average molecular weight is 352 g/mol. The van der Waals surface area contributed by atoms with Gasteiger partial charge < -0.3 is 10.1 Å². The van der Waals surface area contributed by atoms with Crippen molar-refractivity contribution in [1.29, 1.82) is 0 Å². The molecule has 1 amide bonds. The van der Waals surface area contributed by atoms with Gasteiger partial charge in [-0.05, 0) is 44.8 Å². The van der Waals surface area contributed by atoms with Crippen molar-refractivity contribution >= 4 is 11.9 Å². The van der Waals surface area contributed by atoms with E-state index in [0.29, 0.717) is 24.2 Å². The molecule has 2 fully saturated rings. The first-order valence-electron chi connectivity index (χ1n) is 9.27. The average Bonchev–Trinajstić information content (AvgIpc) is 3.03. The molecular formula is C20H24N4O2. The van der Waals surface area contributed by atoms with Crippen molar-refractivity contribution in [3.63, 3.8) is 0 Å². The smallest absolute Gasteiger partial charge is 0.415 e. The minimum absolute atomic E-state index is 0.0416. The number of hydrogen-bond donors (Lipinski definition) is 1. The molecule has 136 valence electrons. The maximum Gasteiger partial charge on any atom is 0.415 e. The number of nitrogens with zero attached hydrogens (tertiary/aromatic N) is 3. The summed E-state index contributed by atoms with van der Waals surface area (Å²) in [4.78, 5) is 23.3. The van der Waals surface area contributed by atoms with Crippen LogP contribution < -0.4 is 10.2 Å². The molecule has 0 unspecified atom stereocenters. The third-order valence-electron chi connectivity index (χ3n) is 5.12.